The second kappa shape index (κ2) is 9.98. The van der Waals surface area contributed by atoms with Crippen molar-refractivity contribution in [2.24, 2.45) is 5.92 Å². The lowest BCUT2D eigenvalue weighted by Gasteiger charge is -2.35. The highest BCUT2D eigenvalue weighted by Gasteiger charge is 2.32. The first-order valence-electron chi connectivity index (χ1n) is 11.2. The Balaban J connectivity index is 1.63. The number of benzene rings is 2. The number of rotatable bonds is 5. The van der Waals surface area contributed by atoms with E-state index in [2.05, 4.69) is 0 Å². The van der Waals surface area contributed by atoms with E-state index in [4.69, 9.17) is 4.74 Å². The number of carbonyl (C=O) groups is 2. The van der Waals surface area contributed by atoms with Crippen LogP contribution in [0.25, 0.3) is 0 Å². The van der Waals surface area contributed by atoms with Crippen molar-refractivity contribution in [3.05, 3.63) is 77.6 Å². The molecule has 1 heterocycles. The zero-order valence-corrected chi connectivity index (χ0v) is 18.4. The largest absolute Gasteiger partial charge is 0.497 e. The summed E-state index contributed by atoms with van der Waals surface area (Å²) in [6.45, 7) is 0.803. The zero-order valence-electron chi connectivity index (χ0n) is 18.4. The minimum Gasteiger partial charge on any atom is -0.497 e. The molecule has 0 spiro atoms. The fraction of sp³-hybridized carbons (Fsp3) is 0.385. The lowest BCUT2D eigenvalue weighted by atomic mass is 10.0. The van der Waals surface area contributed by atoms with Crippen LogP contribution in [0.2, 0.25) is 0 Å². The van der Waals surface area contributed by atoms with Crippen LogP contribution in [0.5, 0.6) is 5.75 Å². The highest BCUT2D eigenvalue weighted by molar-refractivity contribution is 5.86. The van der Waals surface area contributed by atoms with Crippen LogP contribution in [0.15, 0.2) is 60.7 Å². The SMILES string of the molecule is COc1ccc([C@H]2/C=C\CN(C(=O)C3CCCC3)CC(=O)N2Cc2ccc(F)cc2)cc1. The fourth-order valence-electron chi connectivity index (χ4n) is 4.56. The standard InChI is InChI=1S/C26H29FN2O3/c1-32-23-14-10-20(11-15-23)24-7-4-16-28(26(31)21-5-2-3-6-21)18-25(30)29(24)17-19-8-12-22(27)13-9-19/h4,7-15,21,24H,2-3,5-6,16-18H2,1H3/b7-4-/t24-/m1/s1. The normalized spacial score (nSPS) is 20.7. The summed E-state index contributed by atoms with van der Waals surface area (Å²) in [5.74, 6) is 0.413. The topological polar surface area (TPSA) is 49.9 Å². The summed E-state index contributed by atoms with van der Waals surface area (Å²) in [7, 11) is 1.62. The second-order valence-electron chi connectivity index (χ2n) is 8.49. The molecule has 1 saturated carbocycles. The van der Waals surface area contributed by atoms with Gasteiger partial charge < -0.3 is 14.5 Å². The van der Waals surface area contributed by atoms with Crippen molar-refractivity contribution < 1.29 is 18.7 Å². The van der Waals surface area contributed by atoms with Gasteiger partial charge in [0.05, 0.1) is 13.2 Å². The van der Waals surface area contributed by atoms with Crippen molar-refractivity contribution in [1.29, 1.82) is 0 Å². The Morgan fingerprint density at radius 2 is 1.75 bits per heavy atom. The van der Waals surface area contributed by atoms with Crippen molar-refractivity contribution in [3.8, 4) is 5.75 Å². The molecule has 0 saturated heterocycles. The molecule has 168 valence electrons. The average molecular weight is 437 g/mol. The number of methoxy groups -OCH3 is 1. The first-order chi connectivity index (χ1) is 15.5. The third-order valence-electron chi connectivity index (χ3n) is 6.37. The summed E-state index contributed by atoms with van der Waals surface area (Å²) in [5.41, 5.74) is 1.79. The summed E-state index contributed by atoms with van der Waals surface area (Å²) >= 11 is 0. The van der Waals surface area contributed by atoms with E-state index in [0.717, 1.165) is 42.6 Å². The molecule has 2 aliphatic rings. The van der Waals surface area contributed by atoms with Gasteiger partial charge in [0, 0.05) is 19.0 Å². The third kappa shape index (κ3) is 5.01. The Hall–Kier alpha value is -3.15. The predicted octanol–water partition coefficient (Wildman–Crippen LogP) is 4.49. The summed E-state index contributed by atoms with van der Waals surface area (Å²) < 4.78 is 18.7. The molecule has 1 aliphatic carbocycles. The van der Waals surface area contributed by atoms with Crippen LogP contribution in [0.3, 0.4) is 0 Å². The lowest BCUT2D eigenvalue weighted by Crippen LogP contribution is -2.46. The van der Waals surface area contributed by atoms with Gasteiger partial charge in [-0.25, -0.2) is 4.39 Å². The Bertz CT molecular complexity index is 966. The average Bonchev–Trinajstić information content (AvgIpc) is 3.35. The minimum absolute atomic E-state index is 0.0264. The number of halogens is 1. The van der Waals surface area contributed by atoms with E-state index in [1.54, 1.807) is 29.0 Å². The molecule has 0 aromatic heterocycles. The molecule has 2 aromatic rings. The highest BCUT2D eigenvalue weighted by atomic mass is 19.1. The van der Waals surface area contributed by atoms with Crippen LogP contribution < -0.4 is 4.74 Å². The molecule has 6 heteroatoms. The van der Waals surface area contributed by atoms with Crippen molar-refractivity contribution >= 4 is 11.8 Å². The minimum atomic E-state index is -0.312. The van der Waals surface area contributed by atoms with Crippen molar-refractivity contribution in [2.75, 3.05) is 20.2 Å². The van der Waals surface area contributed by atoms with Crippen LogP contribution in [-0.2, 0) is 16.1 Å². The van der Waals surface area contributed by atoms with E-state index in [-0.39, 0.29) is 36.1 Å². The Labute approximate surface area is 188 Å². The molecule has 1 fully saturated rings. The van der Waals surface area contributed by atoms with Crippen LogP contribution in [0, 0.1) is 11.7 Å². The number of nitrogens with zero attached hydrogens (tertiary/aromatic N) is 2. The smallest absolute Gasteiger partial charge is 0.243 e. The van der Waals surface area contributed by atoms with Gasteiger partial charge >= 0.3 is 0 Å². The number of carbonyl (C=O) groups excluding carboxylic acids is 2. The molecule has 1 atom stereocenters. The molecule has 0 unspecified atom stereocenters. The molecule has 32 heavy (non-hydrogen) atoms. The van der Waals surface area contributed by atoms with Gasteiger partial charge in [-0.05, 0) is 48.2 Å². The van der Waals surface area contributed by atoms with Gasteiger partial charge in [-0.1, -0.05) is 49.3 Å². The molecule has 0 bridgehead atoms. The Morgan fingerprint density at radius 3 is 2.41 bits per heavy atom. The molecular weight excluding hydrogens is 407 g/mol. The van der Waals surface area contributed by atoms with Gasteiger partial charge in [0.1, 0.15) is 18.1 Å². The van der Waals surface area contributed by atoms with Gasteiger partial charge in [-0.15, -0.1) is 0 Å². The van der Waals surface area contributed by atoms with E-state index in [1.807, 2.05) is 36.4 Å². The molecule has 0 N–H and O–H groups in total. The summed E-state index contributed by atoms with van der Waals surface area (Å²) in [6.07, 6.45) is 7.92. The number of ether oxygens (including phenoxy) is 1. The summed E-state index contributed by atoms with van der Waals surface area (Å²) in [5, 5.41) is 0. The molecular formula is C26H29FN2O3. The Morgan fingerprint density at radius 1 is 1.06 bits per heavy atom. The van der Waals surface area contributed by atoms with E-state index in [0.29, 0.717) is 13.1 Å². The van der Waals surface area contributed by atoms with Gasteiger partial charge in [0.25, 0.3) is 0 Å². The summed E-state index contributed by atoms with van der Waals surface area (Å²) in [6, 6.07) is 13.5. The van der Waals surface area contributed by atoms with Crippen LogP contribution in [0.4, 0.5) is 4.39 Å². The van der Waals surface area contributed by atoms with Gasteiger partial charge in [0.2, 0.25) is 11.8 Å². The predicted molar refractivity (Wildman–Crippen MR) is 120 cm³/mol. The molecule has 2 amide bonds. The van der Waals surface area contributed by atoms with Crippen LogP contribution >= 0.6 is 0 Å². The van der Waals surface area contributed by atoms with E-state index >= 15 is 0 Å². The molecule has 2 aromatic carbocycles. The molecule has 0 radical (unpaired) electrons. The first kappa shape index (κ1) is 22.1. The van der Waals surface area contributed by atoms with Gasteiger partial charge in [0.15, 0.2) is 0 Å². The first-order valence-corrected chi connectivity index (χ1v) is 11.2. The lowest BCUT2D eigenvalue weighted by molar-refractivity contribution is -0.143. The maximum absolute atomic E-state index is 13.5. The van der Waals surface area contributed by atoms with Gasteiger partial charge in [-0.2, -0.15) is 0 Å². The number of amides is 2. The molecule has 5 nitrogen and oxygen atoms in total. The van der Waals surface area contributed by atoms with Gasteiger partial charge in [-0.3, -0.25) is 9.59 Å². The second-order valence-corrected chi connectivity index (χ2v) is 8.49. The number of hydrogen-bond donors (Lipinski definition) is 0. The van der Waals surface area contributed by atoms with Crippen LogP contribution in [-0.4, -0.2) is 41.8 Å². The monoisotopic (exact) mass is 436 g/mol. The maximum atomic E-state index is 13.5. The van der Waals surface area contributed by atoms with E-state index in [1.165, 1.54) is 12.1 Å². The zero-order chi connectivity index (χ0) is 22.5. The summed E-state index contributed by atoms with van der Waals surface area (Å²) in [4.78, 5) is 29.9. The fourth-order valence-corrected chi connectivity index (χ4v) is 4.56. The van der Waals surface area contributed by atoms with E-state index in [9.17, 15) is 14.0 Å². The van der Waals surface area contributed by atoms with Crippen LogP contribution in [0.1, 0.15) is 42.9 Å². The number of hydrogen-bond acceptors (Lipinski definition) is 3. The molecule has 1 aliphatic heterocycles. The van der Waals surface area contributed by atoms with Crippen molar-refractivity contribution in [1.82, 2.24) is 9.80 Å². The third-order valence-corrected chi connectivity index (χ3v) is 6.37. The van der Waals surface area contributed by atoms with Crippen molar-refractivity contribution in [3.63, 3.8) is 0 Å². The van der Waals surface area contributed by atoms with E-state index < -0.39 is 0 Å². The highest BCUT2D eigenvalue weighted by Crippen LogP contribution is 2.30. The maximum Gasteiger partial charge on any atom is 0.243 e. The molecule has 4 rings (SSSR count). The quantitative estimate of drug-likeness (QED) is 0.649. The van der Waals surface area contributed by atoms with Crippen molar-refractivity contribution in [2.45, 2.75) is 38.3 Å². The Kier molecular flexibility index (Phi) is 6.88.